The average Bonchev–Trinajstić information content (AvgIpc) is 2.30. The predicted molar refractivity (Wildman–Crippen MR) is 62.6 cm³/mol. The molecule has 0 radical (unpaired) electrons. The fraction of sp³-hybridized carbons (Fsp3) is 0.615. The van der Waals surface area contributed by atoms with Crippen molar-refractivity contribution in [3.8, 4) is 0 Å². The standard InChI is InChI=1S/C13H20N2/c1-10(14)11-2-4-12(5-3-11)13-6-8-15-9-7-13/h6-12H,2-5,14H2,1H3. The molecule has 1 unspecified atom stereocenters. The molecule has 1 fully saturated rings. The summed E-state index contributed by atoms with van der Waals surface area (Å²) in [6, 6.07) is 4.66. The van der Waals surface area contributed by atoms with Gasteiger partial charge in [-0.1, -0.05) is 0 Å². The van der Waals surface area contributed by atoms with Gasteiger partial charge in [0.25, 0.3) is 0 Å². The maximum atomic E-state index is 5.94. The molecular formula is C13H20N2. The molecule has 0 bridgehead atoms. The van der Waals surface area contributed by atoms with E-state index < -0.39 is 0 Å². The quantitative estimate of drug-likeness (QED) is 0.804. The monoisotopic (exact) mass is 204 g/mol. The van der Waals surface area contributed by atoms with E-state index in [-0.39, 0.29) is 0 Å². The molecule has 1 heterocycles. The molecule has 0 amide bonds. The van der Waals surface area contributed by atoms with E-state index in [0.717, 1.165) is 11.8 Å². The second kappa shape index (κ2) is 4.75. The summed E-state index contributed by atoms with van der Waals surface area (Å²) in [6.07, 6.45) is 8.93. The molecule has 82 valence electrons. The second-order valence-corrected chi connectivity index (χ2v) is 4.75. The largest absolute Gasteiger partial charge is 0.328 e. The van der Waals surface area contributed by atoms with Crippen LogP contribution < -0.4 is 5.73 Å². The van der Waals surface area contributed by atoms with E-state index in [9.17, 15) is 0 Å². The van der Waals surface area contributed by atoms with Gasteiger partial charge in [0.2, 0.25) is 0 Å². The van der Waals surface area contributed by atoms with Gasteiger partial charge in [-0.25, -0.2) is 0 Å². The number of nitrogens with two attached hydrogens (primary N) is 1. The third kappa shape index (κ3) is 2.57. The molecule has 0 aromatic carbocycles. The minimum absolute atomic E-state index is 0.364. The van der Waals surface area contributed by atoms with Gasteiger partial charge in [0, 0.05) is 18.4 Å². The average molecular weight is 204 g/mol. The number of rotatable bonds is 2. The van der Waals surface area contributed by atoms with Gasteiger partial charge in [0.1, 0.15) is 0 Å². The molecule has 0 aliphatic heterocycles. The van der Waals surface area contributed by atoms with Crippen LogP contribution in [0.4, 0.5) is 0 Å². The minimum atomic E-state index is 0.364. The molecule has 2 nitrogen and oxygen atoms in total. The fourth-order valence-electron chi connectivity index (χ4n) is 2.61. The van der Waals surface area contributed by atoms with Crippen LogP contribution in [0, 0.1) is 5.92 Å². The molecule has 0 saturated heterocycles. The van der Waals surface area contributed by atoms with E-state index in [4.69, 9.17) is 5.73 Å². The first-order valence-electron chi connectivity index (χ1n) is 5.93. The van der Waals surface area contributed by atoms with E-state index in [1.54, 1.807) is 0 Å². The molecule has 2 N–H and O–H groups in total. The zero-order valence-electron chi connectivity index (χ0n) is 9.39. The van der Waals surface area contributed by atoms with Gasteiger partial charge < -0.3 is 5.73 Å². The van der Waals surface area contributed by atoms with E-state index in [1.807, 2.05) is 12.4 Å². The highest BCUT2D eigenvalue weighted by molar-refractivity contribution is 5.16. The fourth-order valence-corrected chi connectivity index (χ4v) is 2.61. The van der Waals surface area contributed by atoms with E-state index in [0.29, 0.717) is 6.04 Å². The smallest absolute Gasteiger partial charge is 0.0270 e. The zero-order chi connectivity index (χ0) is 10.7. The lowest BCUT2D eigenvalue weighted by molar-refractivity contribution is 0.291. The molecule has 2 rings (SSSR count). The van der Waals surface area contributed by atoms with Crippen LogP contribution in [0.15, 0.2) is 24.5 Å². The Bertz CT molecular complexity index is 287. The first kappa shape index (κ1) is 10.6. The lowest BCUT2D eigenvalue weighted by atomic mass is 9.77. The molecule has 1 aliphatic carbocycles. The Morgan fingerprint density at radius 2 is 1.80 bits per heavy atom. The van der Waals surface area contributed by atoms with Gasteiger partial charge in [0.05, 0.1) is 0 Å². The molecule has 0 spiro atoms. The van der Waals surface area contributed by atoms with E-state index in [2.05, 4.69) is 24.0 Å². The molecule has 1 saturated carbocycles. The summed E-state index contributed by atoms with van der Waals surface area (Å²) in [6.45, 7) is 2.14. The first-order chi connectivity index (χ1) is 7.27. The van der Waals surface area contributed by atoms with Crippen LogP contribution in [0.3, 0.4) is 0 Å². The Labute approximate surface area is 91.9 Å². The molecule has 1 aromatic heterocycles. The molecule has 1 aromatic rings. The highest BCUT2D eigenvalue weighted by atomic mass is 14.6. The van der Waals surface area contributed by atoms with Crippen molar-refractivity contribution in [2.24, 2.45) is 11.7 Å². The van der Waals surface area contributed by atoms with E-state index >= 15 is 0 Å². The van der Waals surface area contributed by atoms with Crippen molar-refractivity contribution in [2.75, 3.05) is 0 Å². The van der Waals surface area contributed by atoms with Crippen molar-refractivity contribution in [2.45, 2.75) is 44.6 Å². The maximum absolute atomic E-state index is 5.94. The second-order valence-electron chi connectivity index (χ2n) is 4.75. The number of aromatic nitrogens is 1. The number of nitrogens with zero attached hydrogens (tertiary/aromatic N) is 1. The number of hydrogen-bond acceptors (Lipinski definition) is 2. The van der Waals surface area contributed by atoms with Gasteiger partial charge in [-0.05, 0) is 62.1 Å². The zero-order valence-corrected chi connectivity index (χ0v) is 9.39. The lowest BCUT2D eigenvalue weighted by Gasteiger charge is -2.30. The Morgan fingerprint density at radius 3 is 2.33 bits per heavy atom. The molecular weight excluding hydrogens is 184 g/mol. The van der Waals surface area contributed by atoms with Crippen LogP contribution in [0.2, 0.25) is 0 Å². The predicted octanol–water partition coefficient (Wildman–Crippen LogP) is 2.70. The SMILES string of the molecule is CC(N)C1CCC(c2ccncc2)CC1. The summed E-state index contributed by atoms with van der Waals surface area (Å²) in [7, 11) is 0. The van der Waals surface area contributed by atoms with Crippen LogP contribution in [0.5, 0.6) is 0 Å². The number of hydrogen-bond donors (Lipinski definition) is 1. The summed E-state index contributed by atoms with van der Waals surface area (Å²) in [4.78, 5) is 4.06. The van der Waals surface area contributed by atoms with Crippen LogP contribution in [0.1, 0.15) is 44.1 Å². The summed E-state index contributed by atoms with van der Waals surface area (Å²) in [5.74, 6) is 1.48. The van der Waals surface area contributed by atoms with Gasteiger partial charge in [-0.2, -0.15) is 0 Å². The highest BCUT2D eigenvalue weighted by Gasteiger charge is 2.24. The van der Waals surface area contributed by atoms with Crippen molar-refractivity contribution in [3.63, 3.8) is 0 Å². The molecule has 15 heavy (non-hydrogen) atoms. The summed E-state index contributed by atoms with van der Waals surface area (Å²) in [5, 5.41) is 0. The third-order valence-electron chi connectivity index (χ3n) is 3.69. The van der Waals surface area contributed by atoms with Gasteiger partial charge in [-0.3, -0.25) is 4.98 Å². The summed E-state index contributed by atoms with van der Waals surface area (Å²) < 4.78 is 0. The molecule has 1 aliphatic rings. The van der Waals surface area contributed by atoms with Gasteiger partial charge in [0.15, 0.2) is 0 Å². The van der Waals surface area contributed by atoms with Crippen LogP contribution in [0.25, 0.3) is 0 Å². The Balaban J connectivity index is 1.94. The minimum Gasteiger partial charge on any atom is -0.328 e. The van der Waals surface area contributed by atoms with Crippen molar-refractivity contribution >= 4 is 0 Å². The topological polar surface area (TPSA) is 38.9 Å². The molecule has 1 atom stereocenters. The Hall–Kier alpha value is -0.890. The highest BCUT2D eigenvalue weighted by Crippen LogP contribution is 2.36. The van der Waals surface area contributed by atoms with Crippen molar-refractivity contribution in [1.82, 2.24) is 4.98 Å². The van der Waals surface area contributed by atoms with E-state index in [1.165, 1.54) is 31.2 Å². The van der Waals surface area contributed by atoms with Crippen LogP contribution in [-0.2, 0) is 0 Å². The summed E-state index contributed by atoms with van der Waals surface area (Å²) in [5.41, 5.74) is 7.39. The third-order valence-corrected chi connectivity index (χ3v) is 3.69. The van der Waals surface area contributed by atoms with Crippen molar-refractivity contribution in [1.29, 1.82) is 0 Å². The van der Waals surface area contributed by atoms with Crippen LogP contribution in [-0.4, -0.2) is 11.0 Å². The van der Waals surface area contributed by atoms with Crippen molar-refractivity contribution in [3.05, 3.63) is 30.1 Å². The normalized spacial score (nSPS) is 28.7. The van der Waals surface area contributed by atoms with Gasteiger partial charge in [-0.15, -0.1) is 0 Å². The number of pyridine rings is 1. The lowest BCUT2D eigenvalue weighted by Crippen LogP contribution is -2.29. The Morgan fingerprint density at radius 1 is 1.20 bits per heavy atom. The summed E-state index contributed by atoms with van der Waals surface area (Å²) >= 11 is 0. The maximum Gasteiger partial charge on any atom is 0.0270 e. The van der Waals surface area contributed by atoms with Crippen molar-refractivity contribution < 1.29 is 0 Å². The van der Waals surface area contributed by atoms with Gasteiger partial charge >= 0.3 is 0 Å². The molecule has 2 heteroatoms. The Kier molecular flexibility index (Phi) is 3.37. The first-order valence-corrected chi connectivity index (χ1v) is 5.93. The van der Waals surface area contributed by atoms with Crippen LogP contribution >= 0.6 is 0 Å².